The predicted molar refractivity (Wildman–Crippen MR) is 87.4 cm³/mol. The summed E-state index contributed by atoms with van der Waals surface area (Å²) in [5.74, 6) is 1.10. The number of para-hydroxylation sites is 1. The number of rotatable bonds is 7. The highest BCUT2D eigenvalue weighted by atomic mass is 16.2. The number of hydrogen-bond acceptors (Lipinski definition) is 3. The summed E-state index contributed by atoms with van der Waals surface area (Å²) in [7, 11) is 1.99. The molecule has 1 saturated carbocycles. The zero-order chi connectivity index (χ0) is 15.4. The smallest absolute Gasteiger partial charge is 0.238 e. The Kier molecular flexibility index (Phi) is 5.37. The third kappa shape index (κ3) is 4.29. The Balaban J connectivity index is 1.95. The van der Waals surface area contributed by atoms with E-state index >= 15 is 0 Å². The van der Waals surface area contributed by atoms with Gasteiger partial charge in [0.1, 0.15) is 0 Å². The van der Waals surface area contributed by atoms with Gasteiger partial charge in [0.05, 0.1) is 6.54 Å². The first-order valence-electron chi connectivity index (χ1n) is 7.82. The molecule has 21 heavy (non-hydrogen) atoms. The van der Waals surface area contributed by atoms with Crippen molar-refractivity contribution in [3.63, 3.8) is 0 Å². The lowest BCUT2D eigenvalue weighted by Gasteiger charge is -2.26. The molecule has 1 aliphatic rings. The van der Waals surface area contributed by atoms with Crippen molar-refractivity contribution in [1.29, 1.82) is 0 Å². The molecule has 1 aromatic carbocycles. The van der Waals surface area contributed by atoms with Crippen LogP contribution in [0.5, 0.6) is 0 Å². The monoisotopic (exact) mass is 289 g/mol. The van der Waals surface area contributed by atoms with Crippen LogP contribution in [0, 0.1) is 5.92 Å². The average Bonchev–Trinajstić information content (AvgIpc) is 3.24. The third-order valence-electron chi connectivity index (χ3n) is 4.22. The van der Waals surface area contributed by atoms with Crippen molar-refractivity contribution in [1.82, 2.24) is 4.90 Å². The van der Waals surface area contributed by atoms with Crippen LogP contribution < -0.4 is 11.1 Å². The summed E-state index contributed by atoms with van der Waals surface area (Å²) in [5, 5.41) is 3.04. The maximum Gasteiger partial charge on any atom is 0.238 e. The molecule has 0 heterocycles. The van der Waals surface area contributed by atoms with Gasteiger partial charge in [-0.05, 0) is 43.4 Å². The summed E-state index contributed by atoms with van der Waals surface area (Å²) in [6, 6.07) is 8.33. The standard InChI is InChI=1S/C17H27N3O/c1-12(2)14-6-4-5-7-15(14)19-17(21)11-20(3)16(10-18)13-8-9-13/h4-7,12-13,16H,8-11,18H2,1-3H3,(H,19,21). The van der Waals surface area contributed by atoms with E-state index in [2.05, 4.69) is 30.1 Å². The third-order valence-corrected chi connectivity index (χ3v) is 4.22. The minimum absolute atomic E-state index is 0.0321. The molecule has 116 valence electrons. The molecule has 1 amide bonds. The van der Waals surface area contributed by atoms with Crippen LogP contribution in [0.1, 0.15) is 38.2 Å². The van der Waals surface area contributed by atoms with Crippen LogP contribution in [0.15, 0.2) is 24.3 Å². The lowest BCUT2D eigenvalue weighted by atomic mass is 10.0. The summed E-state index contributed by atoms with van der Waals surface area (Å²) in [4.78, 5) is 14.4. The molecular weight excluding hydrogens is 262 g/mol. The fourth-order valence-electron chi connectivity index (χ4n) is 2.86. The van der Waals surface area contributed by atoms with Gasteiger partial charge in [-0.3, -0.25) is 9.69 Å². The average molecular weight is 289 g/mol. The van der Waals surface area contributed by atoms with Gasteiger partial charge in [-0.25, -0.2) is 0 Å². The zero-order valence-electron chi connectivity index (χ0n) is 13.3. The second-order valence-corrected chi connectivity index (χ2v) is 6.35. The first-order valence-corrected chi connectivity index (χ1v) is 7.82. The quantitative estimate of drug-likeness (QED) is 0.810. The molecule has 1 fully saturated rings. The normalized spacial score (nSPS) is 16.3. The summed E-state index contributed by atoms with van der Waals surface area (Å²) < 4.78 is 0. The van der Waals surface area contributed by atoms with Crippen LogP contribution in [0.2, 0.25) is 0 Å². The molecule has 1 aliphatic carbocycles. The van der Waals surface area contributed by atoms with Crippen molar-refractivity contribution in [2.45, 2.75) is 38.6 Å². The molecule has 0 aromatic heterocycles. The fraction of sp³-hybridized carbons (Fsp3) is 0.588. The first-order chi connectivity index (χ1) is 10.0. The number of nitrogens with one attached hydrogen (secondary N) is 1. The van der Waals surface area contributed by atoms with E-state index in [4.69, 9.17) is 5.73 Å². The molecule has 1 atom stereocenters. The van der Waals surface area contributed by atoms with Crippen LogP contribution in [0.25, 0.3) is 0 Å². The molecular formula is C17H27N3O. The Morgan fingerprint density at radius 3 is 2.62 bits per heavy atom. The molecule has 1 aromatic rings. The Morgan fingerprint density at radius 1 is 1.38 bits per heavy atom. The first kappa shape index (κ1) is 16.0. The summed E-state index contributed by atoms with van der Waals surface area (Å²) in [6.45, 7) is 5.28. The Hall–Kier alpha value is -1.39. The molecule has 1 unspecified atom stereocenters. The van der Waals surface area contributed by atoms with Gasteiger partial charge in [-0.2, -0.15) is 0 Å². The number of amides is 1. The largest absolute Gasteiger partial charge is 0.329 e. The van der Waals surface area contributed by atoms with Crippen LogP contribution in [0.4, 0.5) is 5.69 Å². The van der Waals surface area contributed by atoms with E-state index < -0.39 is 0 Å². The molecule has 2 rings (SSSR count). The number of carbonyl (C=O) groups is 1. The van der Waals surface area contributed by atoms with Gasteiger partial charge >= 0.3 is 0 Å². The molecule has 4 heteroatoms. The van der Waals surface area contributed by atoms with E-state index in [0.717, 1.165) is 5.69 Å². The Labute approximate surface area is 127 Å². The van der Waals surface area contributed by atoms with Gasteiger partial charge in [0.15, 0.2) is 0 Å². The summed E-state index contributed by atoms with van der Waals surface area (Å²) in [6.07, 6.45) is 2.48. The second kappa shape index (κ2) is 7.05. The Bertz CT molecular complexity index is 483. The van der Waals surface area contributed by atoms with Crippen molar-refractivity contribution in [3.8, 4) is 0 Å². The number of anilines is 1. The van der Waals surface area contributed by atoms with E-state index in [-0.39, 0.29) is 5.91 Å². The minimum Gasteiger partial charge on any atom is -0.329 e. The van der Waals surface area contributed by atoms with E-state index in [9.17, 15) is 4.79 Å². The van der Waals surface area contributed by atoms with E-state index in [0.29, 0.717) is 31.0 Å². The van der Waals surface area contributed by atoms with Crippen molar-refractivity contribution in [3.05, 3.63) is 29.8 Å². The van der Waals surface area contributed by atoms with Crippen LogP contribution in [-0.2, 0) is 4.79 Å². The number of likely N-dealkylation sites (N-methyl/N-ethyl adjacent to an activating group) is 1. The van der Waals surface area contributed by atoms with Gasteiger partial charge in [-0.1, -0.05) is 32.0 Å². The van der Waals surface area contributed by atoms with Gasteiger partial charge in [0.25, 0.3) is 0 Å². The number of nitrogens with two attached hydrogens (primary N) is 1. The molecule has 3 N–H and O–H groups in total. The highest BCUT2D eigenvalue weighted by Crippen LogP contribution is 2.34. The molecule has 0 bridgehead atoms. The highest BCUT2D eigenvalue weighted by molar-refractivity contribution is 5.93. The van der Waals surface area contributed by atoms with E-state index in [1.165, 1.54) is 18.4 Å². The van der Waals surface area contributed by atoms with Gasteiger partial charge in [0.2, 0.25) is 5.91 Å². The number of benzene rings is 1. The van der Waals surface area contributed by atoms with Gasteiger partial charge in [0, 0.05) is 18.3 Å². The van der Waals surface area contributed by atoms with Crippen LogP contribution in [-0.4, -0.2) is 37.0 Å². The molecule has 4 nitrogen and oxygen atoms in total. The lowest BCUT2D eigenvalue weighted by molar-refractivity contribution is -0.117. The second-order valence-electron chi connectivity index (χ2n) is 6.35. The maximum atomic E-state index is 12.3. The maximum absolute atomic E-state index is 12.3. The molecule has 0 spiro atoms. The number of nitrogens with zero attached hydrogens (tertiary/aromatic N) is 1. The zero-order valence-corrected chi connectivity index (χ0v) is 13.3. The van der Waals surface area contributed by atoms with Crippen molar-refractivity contribution < 1.29 is 4.79 Å². The highest BCUT2D eigenvalue weighted by Gasteiger charge is 2.33. The molecule has 0 aliphatic heterocycles. The van der Waals surface area contributed by atoms with Crippen LogP contribution in [0.3, 0.4) is 0 Å². The van der Waals surface area contributed by atoms with Crippen LogP contribution >= 0.6 is 0 Å². The van der Waals surface area contributed by atoms with Crippen molar-refractivity contribution in [2.75, 3.05) is 25.5 Å². The van der Waals surface area contributed by atoms with E-state index in [1.807, 2.05) is 25.2 Å². The van der Waals surface area contributed by atoms with Crippen molar-refractivity contribution >= 4 is 11.6 Å². The Morgan fingerprint density at radius 2 is 2.05 bits per heavy atom. The lowest BCUT2D eigenvalue weighted by Crippen LogP contribution is -2.43. The number of carbonyl (C=O) groups excluding carboxylic acids is 1. The predicted octanol–water partition coefficient (Wildman–Crippen LogP) is 2.42. The van der Waals surface area contributed by atoms with E-state index in [1.54, 1.807) is 0 Å². The topological polar surface area (TPSA) is 58.4 Å². The SMILES string of the molecule is CC(C)c1ccccc1NC(=O)CN(C)C(CN)C1CC1. The molecule has 0 radical (unpaired) electrons. The fourth-order valence-corrected chi connectivity index (χ4v) is 2.86. The van der Waals surface area contributed by atoms with Gasteiger partial charge < -0.3 is 11.1 Å². The van der Waals surface area contributed by atoms with Crippen molar-refractivity contribution in [2.24, 2.45) is 11.7 Å². The summed E-state index contributed by atoms with van der Waals surface area (Å²) in [5.41, 5.74) is 7.92. The number of hydrogen-bond donors (Lipinski definition) is 2. The molecule has 0 saturated heterocycles. The minimum atomic E-state index is 0.0321. The summed E-state index contributed by atoms with van der Waals surface area (Å²) >= 11 is 0. The van der Waals surface area contributed by atoms with Gasteiger partial charge in [-0.15, -0.1) is 0 Å².